The number of nitrogens with one attached hydrogen (secondary N) is 1. The van der Waals surface area contributed by atoms with Crippen LogP contribution in [0.4, 0.5) is 10.5 Å². The Labute approximate surface area is 214 Å². The van der Waals surface area contributed by atoms with Crippen molar-refractivity contribution in [2.75, 3.05) is 18.3 Å². The Bertz CT molecular complexity index is 1430. The number of hydrogen-bond donors (Lipinski definition) is 1. The molecule has 7 nitrogen and oxygen atoms in total. The van der Waals surface area contributed by atoms with Crippen LogP contribution in [0.1, 0.15) is 30.0 Å². The van der Waals surface area contributed by atoms with Crippen LogP contribution in [0.5, 0.6) is 5.75 Å². The third-order valence-electron chi connectivity index (χ3n) is 6.20. The number of urea groups is 1. The third kappa shape index (κ3) is 4.47. The molecule has 8 heteroatoms. The number of ether oxygens (including phenoxy) is 1. The second kappa shape index (κ2) is 9.91. The Morgan fingerprint density at radius 3 is 2.44 bits per heavy atom. The van der Waals surface area contributed by atoms with Gasteiger partial charge in [0.1, 0.15) is 5.75 Å². The predicted molar refractivity (Wildman–Crippen MR) is 142 cm³/mol. The molecule has 1 aliphatic rings. The van der Waals surface area contributed by atoms with Crippen LogP contribution >= 0.6 is 11.8 Å². The molecule has 0 aliphatic carbocycles. The zero-order valence-corrected chi connectivity index (χ0v) is 21.3. The van der Waals surface area contributed by atoms with E-state index in [1.807, 2.05) is 92.9 Å². The molecule has 2 heterocycles. The van der Waals surface area contributed by atoms with Crippen molar-refractivity contribution >= 4 is 29.1 Å². The van der Waals surface area contributed by atoms with Crippen LogP contribution in [0, 0.1) is 6.92 Å². The fraction of sp³-hybridized carbons (Fsp3) is 0.179. The van der Waals surface area contributed by atoms with Gasteiger partial charge in [-0.05, 0) is 68.1 Å². The van der Waals surface area contributed by atoms with Crippen molar-refractivity contribution in [1.29, 1.82) is 0 Å². The first kappa shape index (κ1) is 23.7. The molecule has 3 aromatic carbocycles. The minimum atomic E-state index is -0.450. The lowest BCUT2D eigenvalue weighted by Crippen LogP contribution is -2.46. The summed E-state index contributed by atoms with van der Waals surface area (Å²) in [4.78, 5) is 20.9. The summed E-state index contributed by atoms with van der Waals surface area (Å²) in [5, 5.41) is 7.41. The van der Waals surface area contributed by atoms with E-state index in [0.29, 0.717) is 28.8 Å². The fourth-order valence-electron chi connectivity index (χ4n) is 4.34. The van der Waals surface area contributed by atoms with Crippen molar-refractivity contribution in [2.45, 2.75) is 24.8 Å². The topological polar surface area (TPSA) is 80.5 Å². The van der Waals surface area contributed by atoms with Crippen LogP contribution in [-0.4, -0.2) is 29.5 Å². The number of aromatic nitrogens is 2. The van der Waals surface area contributed by atoms with E-state index < -0.39 is 6.04 Å². The van der Waals surface area contributed by atoms with Gasteiger partial charge in [-0.1, -0.05) is 41.1 Å². The molecule has 1 aliphatic heterocycles. The monoisotopic (exact) mass is 498 g/mol. The van der Waals surface area contributed by atoms with Crippen molar-refractivity contribution in [3.63, 3.8) is 0 Å². The third-order valence-corrected chi connectivity index (χ3v) is 6.94. The van der Waals surface area contributed by atoms with E-state index in [9.17, 15) is 4.79 Å². The van der Waals surface area contributed by atoms with Crippen molar-refractivity contribution in [3.8, 4) is 17.1 Å². The van der Waals surface area contributed by atoms with E-state index in [1.165, 1.54) is 0 Å². The molecule has 1 N–H and O–H groups in total. The number of anilines is 1. The number of thioether (sulfide) groups is 1. The summed E-state index contributed by atoms with van der Waals surface area (Å²) in [6.45, 7) is 3.92. The standard InChI is InChI=1S/C28H26N4O3S/c1-17-6-5-7-20(16-17)26-30-27(35-31-26)24-18(2)32(21-10-12-22(34-3)13-11-21)28(33)29-25(24)19-8-14-23(36-4)15-9-19/h5-16,25H,1-4H3,(H,29,33). The van der Waals surface area contributed by atoms with Crippen molar-refractivity contribution in [2.24, 2.45) is 0 Å². The number of nitrogens with zero attached hydrogens (tertiary/aromatic N) is 3. The van der Waals surface area contributed by atoms with Crippen LogP contribution in [0.3, 0.4) is 0 Å². The van der Waals surface area contributed by atoms with E-state index in [1.54, 1.807) is 23.8 Å². The van der Waals surface area contributed by atoms with E-state index in [4.69, 9.17) is 14.2 Å². The fourth-order valence-corrected chi connectivity index (χ4v) is 4.75. The zero-order valence-electron chi connectivity index (χ0n) is 20.5. The Hall–Kier alpha value is -4.04. The largest absolute Gasteiger partial charge is 0.497 e. The normalized spacial score (nSPS) is 15.7. The summed E-state index contributed by atoms with van der Waals surface area (Å²) in [7, 11) is 1.61. The van der Waals surface area contributed by atoms with Crippen LogP contribution in [0.15, 0.2) is 87.9 Å². The van der Waals surface area contributed by atoms with E-state index in [-0.39, 0.29) is 6.03 Å². The highest BCUT2D eigenvalue weighted by atomic mass is 32.2. The number of aryl methyl sites for hydroxylation is 1. The molecule has 4 aromatic rings. The number of hydrogen-bond acceptors (Lipinski definition) is 6. The van der Waals surface area contributed by atoms with Gasteiger partial charge in [0.05, 0.1) is 24.4 Å². The number of benzene rings is 3. The summed E-state index contributed by atoms with van der Waals surface area (Å²) >= 11 is 1.67. The molecule has 5 rings (SSSR count). The van der Waals surface area contributed by atoms with Gasteiger partial charge in [0.15, 0.2) is 0 Å². The number of carbonyl (C=O) groups excluding carboxylic acids is 1. The smallest absolute Gasteiger partial charge is 0.326 e. The van der Waals surface area contributed by atoms with Crippen molar-refractivity contribution < 1.29 is 14.1 Å². The van der Waals surface area contributed by atoms with Crippen molar-refractivity contribution in [3.05, 3.63) is 95.5 Å². The molecule has 0 saturated carbocycles. The predicted octanol–water partition coefficient (Wildman–Crippen LogP) is 6.48. The minimum Gasteiger partial charge on any atom is -0.497 e. The first-order valence-corrected chi connectivity index (χ1v) is 12.7. The van der Waals surface area contributed by atoms with Gasteiger partial charge < -0.3 is 14.6 Å². The molecule has 0 bridgehead atoms. The average Bonchev–Trinajstić information content (AvgIpc) is 3.39. The summed E-state index contributed by atoms with van der Waals surface area (Å²) in [6.07, 6.45) is 2.03. The minimum absolute atomic E-state index is 0.237. The Balaban J connectivity index is 1.63. The molecule has 1 unspecified atom stereocenters. The molecule has 182 valence electrons. The number of methoxy groups -OCH3 is 1. The van der Waals surface area contributed by atoms with Gasteiger partial charge in [0.2, 0.25) is 5.82 Å². The van der Waals surface area contributed by atoms with E-state index in [2.05, 4.69) is 10.5 Å². The average molecular weight is 499 g/mol. The highest BCUT2D eigenvalue weighted by Gasteiger charge is 2.36. The lowest BCUT2D eigenvalue weighted by Gasteiger charge is -2.35. The molecule has 2 amide bonds. The van der Waals surface area contributed by atoms with Crippen LogP contribution in [0.25, 0.3) is 17.0 Å². The van der Waals surface area contributed by atoms with Crippen LogP contribution in [-0.2, 0) is 0 Å². The van der Waals surface area contributed by atoms with Gasteiger partial charge in [-0.3, -0.25) is 4.90 Å². The molecule has 0 saturated heterocycles. The summed E-state index contributed by atoms with van der Waals surface area (Å²) < 4.78 is 11.1. The van der Waals surface area contributed by atoms with Gasteiger partial charge in [-0.25, -0.2) is 4.79 Å². The second-order valence-corrected chi connectivity index (χ2v) is 9.36. The molecule has 1 atom stereocenters. The van der Waals surface area contributed by atoms with Crippen molar-refractivity contribution in [1.82, 2.24) is 15.5 Å². The maximum Gasteiger partial charge on any atom is 0.326 e. The molecule has 1 aromatic heterocycles. The number of allylic oxidation sites excluding steroid dienone is 1. The second-order valence-electron chi connectivity index (χ2n) is 8.48. The van der Waals surface area contributed by atoms with Crippen LogP contribution in [0.2, 0.25) is 0 Å². The van der Waals surface area contributed by atoms with Crippen LogP contribution < -0.4 is 15.0 Å². The van der Waals surface area contributed by atoms with Gasteiger partial charge in [0.25, 0.3) is 5.89 Å². The number of rotatable bonds is 6. The molecule has 0 fully saturated rings. The molecule has 0 spiro atoms. The van der Waals surface area contributed by atoms with E-state index >= 15 is 0 Å². The summed E-state index contributed by atoms with van der Waals surface area (Å²) in [6, 6.07) is 22.7. The Morgan fingerprint density at radius 1 is 1.03 bits per heavy atom. The van der Waals surface area contributed by atoms with Gasteiger partial charge in [-0.15, -0.1) is 11.8 Å². The Morgan fingerprint density at radius 2 is 1.78 bits per heavy atom. The highest BCUT2D eigenvalue weighted by molar-refractivity contribution is 7.98. The molecular formula is C28H26N4O3S. The lowest BCUT2D eigenvalue weighted by molar-refractivity contribution is 0.244. The first-order valence-electron chi connectivity index (χ1n) is 11.5. The lowest BCUT2D eigenvalue weighted by atomic mass is 9.94. The molecular weight excluding hydrogens is 472 g/mol. The summed E-state index contributed by atoms with van der Waals surface area (Å²) in [5.41, 5.74) is 5.07. The maximum absolute atomic E-state index is 13.4. The Kier molecular flexibility index (Phi) is 6.52. The maximum atomic E-state index is 13.4. The van der Waals surface area contributed by atoms with E-state index in [0.717, 1.165) is 27.2 Å². The van der Waals surface area contributed by atoms with Gasteiger partial charge in [0, 0.05) is 16.2 Å². The zero-order chi connectivity index (χ0) is 25.2. The summed E-state index contributed by atoms with van der Waals surface area (Å²) in [5.74, 6) is 1.57. The van der Waals surface area contributed by atoms with Gasteiger partial charge >= 0.3 is 6.03 Å². The molecule has 0 radical (unpaired) electrons. The molecule has 36 heavy (non-hydrogen) atoms. The highest BCUT2D eigenvalue weighted by Crippen LogP contribution is 2.39. The number of amides is 2. The number of carbonyl (C=O) groups is 1. The quantitative estimate of drug-likeness (QED) is 0.307. The van der Waals surface area contributed by atoms with Gasteiger partial charge in [-0.2, -0.15) is 4.98 Å². The SMILES string of the molecule is COc1ccc(N2C(=O)NC(c3ccc(SC)cc3)C(c3nc(-c4cccc(C)c4)no3)=C2C)cc1. The first-order chi connectivity index (χ1) is 17.5.